The van der Waals surface area contributed by atoms with Crippen LogP contribution < -0.4 is 10.2 Å². The van der Waals surface area contributed by atoms with Crippen molar-refractivity contribution in [3.05, 3.63) is 29.8 Å². The number of fused-ring (bicyclic) bond motifs is 2. The molecule has 112 valence electrons. The van der Waals surface area contributed by atoms with Crippen molar-refractivity contribution >= 4 is 11.6 Å². The fourth-order valence-corrected chi connectivity index (χ4v) is 4.10. The predicted octanol–water partition coefficient (Wildman–Crippen LogP) is 1.26. The smallest absolute Gasteiger partial charge is 0.231 e. The van der Waals surface area contributed by atoms with Gasteiger partial charge in [-0.1, -0.05) is 18.2 Å². The van der Waals surface area contributed by atoms with Gasteiger partial charge in [0, 0.05) is 44.5 Å². The van der Waals surface area contributed by atoms with Gasteiger partial charge in [-0.3, -0.25) is 9.69 Å². The van der Waals surface area contributed by atoms with Gasteiger partial charge in [0.1, 0.15) is 0 Å². The van der Waals surface area contributed by atoms with Crippen LogP contribution in [0.2, 0.25) is 0 Å². The van der Waals surface area contributed by atoms with Crippen LogP contribution in [-0.4, -0.2) is 49.6 Å². The summed E-state index contributed by atoms with van der Waals surface area (Å²) in [6.07, 6.45) is 3.09. The Kier molecular flexibility index (Phi) is 3.43. The Hall–Kier alpha value is -1.39. The fourth-order valence-electron chi connectivity index (χ4n) is 4.10. The van der Waals surface area contributed by atoms with Gasteiger partial charge in [0.25, 0.3) is 0 Å². The van der Waals surface area contributed by atoms with Crippen LogP contribution >= 0.6 is 0 Å². The molecule has 0 unspecified atom stereocenters. The highest BCUT2D eigenvalue weighted by Gasteiger charge is 2.34. The van der Waals surface area contributed by atoms with Crippen molar-refractivity contribution in [2.24, 2.45) is 5.92 Å². The Morgan fingerprint density at radius 2 is 2.14 bits per heavy atom. The quantitative estimate of drug-likeness (QED) is 0.888. The van der Waals surface area contributed by atoms with E-state index < -0.39 is 0 Å². The van der Waals surface area contributed by atoms with Gasteiger partial charge in [0.05, 0.1) is 6.42 Å². The standard InChI is InChI=1S/C17H23N3O/c21-17-9-14-3-1-2-4-16(14)20(17)12-13-5-6-15-10-18-7-8-19(15)11-13/h1-4,13,15,18H,5-12H2/t13-,15+/m1/s1. The summed E-state index contributed by atoms with van der Waals surface area (Å²) in [5.74, 6) is 0.896. The van der Waals surface area contributed by atoms with E-state index in [0.29, 0.717) is 12.3 Å². The average molecular weight is 285 g/mol. The van der Waals surface area contributed by atoms with Crippen molar-refractivity contribution in [2.75, 3.05) is 37.6 Å². The largest absolute Gasteiger partial charge is 0.314 e. The van der Waals surface area contributed by atoms with Gasteiger partial charge in [0.2, 0.25) is 5.91 Å². The molecule has 0 bridgehead atoms. The van der Waals surface area contributed by atoms with Crippen molar-refractivity contribution in [2.45, 2.75) is 25.3 Å². The fraction of sp³-hybridized carbons (Fsp3) is 0.588. The molecule has 4 rings (SSSR count). The van der Waals surface area contributed by atoms with E-state index in [2.05, 4.69) is 22.3 Å². The summed E-state index contributed by atoms with van der Waals surface area (Å²) >= 11 is 0. The molecule has 3 aliphatic rings. The van der Waals surface area contributed by atoms with E-state index in [4.69, 9.17) is 0 Å². The van der Waals surface area contributed by atoms with Crippen LogP contribution in [0.5, 0.6) is 0 Å². The summed E-state index contributed by atoms with van der Waals surface area (Å²) in [5.41, 5.74) is 2.34. The molecule has 1 amide bonds. The number of para-hydroxylation sites is 1. The van der Waals surface area contributed by atoms with Gasteiger partial charge < -0.3 is 10.2 Å². The van der Waals surface area contributed by atoms with Gasteiger partial charge in [-0.2, -0.15) is 0 Å². The summed E-state index contributed by atoms with van der Waals surface area (Å²) in [6.45, 7) is 5.45. The summed E-state index contributed by atoms with van der Waals surface area (Å²) in [4.78, 5) is 16.9. The minimum Gasteiger partial charge on any atom is -0.314 e. The molecule has 4 nitrogen and oxygen atoms in total. The first-order chi connectivity index (χ1) is 10.3. The number of amides is 1. The van der Waals surface area contributed by atoms with Crippen molar-refractivity contribution in [1.29, 1.82) is 0 Å². The second-order valence-electron chi connectivity index (χ2n) is 6.61. The van der Waals surface area contributed by atoms with Gasteiger partial charge >= 0.3 is 0 Å². The van der Waals surface area contributed by atoms with Crippen molar-refractivity contribution in [3.8, 4) is 0 Å². The Balaban J connectivity index is 1.45. The lowest BCUT2D eigenvalue weighted by molar-refractivity contribution is -0.117. The summed E-state index contributed by atoms with van der Waals surface area (Å²) in [7, 11) is 0. The second-order valence-corrected chi connectivity index (χ2v) is 6.61. The molecule has 0 spiro atoms. The lowest BCUT2D eigenvalue weighted by Gasteiger charge is -2.43. The molecule has 2 fully saturated rings. The number of carbonyl (C=O) groups is 1. The molecule has 3 aliphatic heterocycles. The maximum Gasteiger partial charge on any atom is 0.231 e. The van der Waals surface area contributed by atoms with Crippen LogP contribution in [0.3, 0.4) is 0 Å². The van der Waals surface area contributed by atoms with Crippen LogP contribution in [0.15, 0.2) is 24.3 Å². The lowest BCUT2D eigenvalue weighted by Crippen LogP contribution is -2.56. The van der Waals surface area contributed by atoms with Crippen LogP contribution in [0.25, 0.3) is 0 Å². The summed E-state index contributed by atoms with van der Waals surface area (Å²) in [5, 5.41) is 3.49. The zero-order chi connectivity index (χ0) is 14.2. The monoisotopic (exact) mass is 285 g/mol. The third kappa shape index (κ3) is 2.47. The SMILES string of the molecule is O=C1Cc2ccccc2N1C[C@@H]1CC[C@H]2CNCCN2C1. The van der Waals surface area contributed by atoms with E-state index in [1.807, 2.05) is 17.0 Å². The number of piperazine rings is 1. The first kappa shape index (κ1) is 13.3. The number of hydrogen-bond donors (Lipinski definition) is 1. The molecule has 1 N–H and O–H groups in total. The number of nitrogens with zero attached hydrogens (tertiary/aromatic N) is 2. The lowest BCUT2D eigenvalue weighted by atomic mass is 9.91. The van der Waals surface area contributed by atoms with Crippen LogP contribution in [0.1, 0.15) is 18.4 Å². The second kappa shape index (κ2) is 5.43. The molecule has 0 saturated carbocycles. The molecule has 2 atom stereocenters. The summed E-state index contributed by atoms with van der Waals surface area (Å²) < 4.78 is 0. The number of hydrogen-bond acceptors (Lipinski definition) is 3. The maximum absolute atomic E-state index is 12.3. The molecule has 4 heteroatoms. The summed E-state index contributed by atoms with van der Waals surface area (Å²) in [6, 6.07) is 8.97. The van der Waals surface area contributed by atoms with Crippen molar-refractivity contribution in [1.82, 2.24) is 10.2 Å². The van der Waals surface area contributed by atoms with Crippen LogP contribution in [0.4, 0.5) is 5.69 Å². The molecule has 1 aromatic rings. The molecule has 21 heavy (non-hydrogen) atoms. The van der Waals surface area contributed by atoms with E-state index >= 15 is 0 Å². The van der Waals surface area contributed by atoms with Crippen molar-refractivity contribution < 1.29 is 4.79 Å². The van der Waals surface area contributed by atoms with E-state index in [1.54, 1.807) is 0 Å². The highest BCUT2D eigenvalue weighted by Crippen LogP contribution is 2.31. The van der Waals surface area contributed by atoms with Crippen molar-refractivity contribution in [3.63, 3.8) is 0 Å². The van der Waals surface area contributed by atoms with E-state index in [0.717, 1.165) is 44.5 Å². The zero-order valence-corrected chi connectivity index (χ0v) is 12.4. The molecule has 1 aromatic carbocycles. The number of piperidine rings is 1. The Morgan fingerprint density at radius 3 is 3.10 bits per heavy atom. The first-order valence-corrected chi connectivity index (χ1v) is 8.14. The molecular weight excluding hydrogens is 262 g/mol. The zero-order valence-electron chi connectivity index (χ0n) is 12.4. The van der Waals surface area contributed by atoms with Gasteiger partial charge in [-0.15, -0.1) is 0 Å². The molecule has 3 heterocycles. The third-order valence-corrected chi connectivity index (χ3v) is 5.24. The Bertz CT molecular complexity index is 545. The maximum atomic E-state index is 12.3. The third-order valence-electron chi connectivity index (χ3n) is 5.24. The normalized spacial score (nSPS) is 29.3. The number of carbonyl (C=O) groups excluding carboxylic acids is 1. The first-order valence-electron chi connectivity index (χ1n) is 8.14. The highest BCUT2D eigenvalue weighted by molar-refractivity contribution is 6.01. The number of benzene rings is 1. The van der Waals surface area contributed by atoms with Gasteiger partial charge in [-0.25, -0.2) is 0 Å². The van der Waals surface area contributed by atoms with Gasteiger partial charge in [-0.05, 0) is 30.4 Å². The average Bonchev–Trinajstić information content (AvgIpc) is 2.83. The van der Waals surface area contributed by atoms with E-state index in [9.17, 15) is 4.79 Å². The Morgan fingerprint density at radius 1 is 1.24 bits per heavy atom. The molecule has 0 aromatic heterocycles. The van der Waals surface area contributed by atoms with Crippen LogP contribution in [0, 0.1) is 5.92 Å². The number of rotatable bonds is 2. The predicted molar refractivity (Wildman–Crippen MR) is 83.5 cm³/mol. The molecule has 0 aliphatic carbocycles. The number of anilines is 1. The molecule has 0 radical (unpaired) electrons. The highest BCUT2D eigenvalue weighted by atomic mass is 16.2. The molecule has 2 saturated heterocycles. The van der Waals surface area contributed by atoms with E-state index in [-0.39, 0.29) is 5.91 Å². The molecular formula is C17H23N3O. The topological polar surface area (TPSA) is 35.6 Å². The Labute approximate surface area is 126 Å². The van der Waals surface area contributed by atoms with E-state index in [1.165, 1.54) is 18.4 Å². The minimum absolute atomic E-state index is 0.277. The van der Waals surface area contributed by atoms with Gasteiger partial charge in [0.15, 0.2) is 0 Å². The number of nitrogens with one attached hydrogen (secondary N) is 1. The minimum atomic E-state index is 0.277. The van der Waals surface area contributed by atoms with Crippen LogP contribution in [-0.2, 0) is 11.2 Å².